The van der Waals surface area contributed by atoms with Crippen LogP contribution < -0.4 is 10.6 Å². The number of carbonyl (C=O) groups is 3. The van der Waals surface area contributed by atoms with Crippen molar-refractivity contribution in [2.75, 3.05) is 0 Å². The number of Topliss-reactive ketones (excluding diaryl/α,β-unsaturated/α-hetero) is 1. The van der Waals surface area contributed by atoms with Gasteiger partial charge in [-0.05, 0) is 50.8 Å². The molecule has 2 amide bonds. The van der Waals surface area contributed by atoms with Crippen molar-refractivity contribution in [3.8, 4) is 0 Å². The molecule has 0 radical (unpaired) electrons. The maximum absolute atomic E-state index is 12.1. The first-order chi connectivity index (χ1) is 11.5. The van der Waals surface area contributed by atoms with E-state index in [1.54, 1.807) is 24.3 Å². The average molecular weight is 332 g/mol. The first kappa shape index (κ1) is 18.0. The fraction of sp³-hybridized carbons (Fsp3) is 0.500. The number of nitrogens with one attached hydrogen (secondary N) is 2. The average Bonchev–Trinajstić information content (AvgIpc) is 2.55. The molecule has 1 fully saturated rings. The molecule has 2 rings (SSSR count). The molecule has 1 atom stereocenters. The molecular formula is C18H24N2O4. The maximum atomic E-state index is 12.1. The molecule has 24 heavy (non-hydrogen) atoms. The molecule has 2 N–H and O–H groups in total. The summed E-state index contributed by atoms with van der Waals surface area (Å²) < 4.78 is 5.30. The molecule has 130 valence electrons. The van der Waals surface area contributed by atoms with Crippen LogP contribution in [0.5, 0.6) is 0 Å². The van der Waals surface area contributed by atoms with E-state index in [2.05, 4.69) is 10.6 Å². The molecule has 0 heterocycles. The van der Waals surface area contributed by atoms with Crippen LogP contribution in [0.2, 0.25) is 0 Å². The summed E-state index contributed by atoms with van der Waals surface area (Å²) in [6.07, 6.45) is 2.27. The van der Waals surface area contributed by atoms with Gasteiger partial charge < -0.3 is 15.4 Å². The van der Waals surface area contributed by atoms with Crippen molar-refractivity contribution in [1.82, 2.24) is 10.6 Å². The third-order valence-electron chi connectivity index (χ3n) is 3.81. The quantitative estimate of drug-likeness (QED) is 0.812. The van der Waals surface area contributed by atoms with E-state index in [0.717, 1.165) is 18.4 Å². The second kappa shape index (κ2) is 8.47. The molecular weight excluding hydrogens is 308 g/mol. The highest BCUT2D eigenvalue weighted by atomic mass is 16.5. The van der Waals surface area contributed by atoms with Crippen molar-refractivity contribution < 1.29 is 19.1 Å². The molecule has 1 aromatic rings. The summed E-state index contributed by atoms with van der Waals surface area (Å²) >= 11 is 0. The monoisotopic (exact) mass is 332 g/mol. The van der Waals surface area contributed by atoms with Crippen LogP contribution >= 0.6 is 0 Å². The van der Waals surface area contributed by atoms with E-state index in [1.807, 2.05) is 13.8 Å². The van der Waals surface area contributed by atoms with Gasteiger partial charge in [0.05, 0.1) is 5.56 Å². The van der Waals surface area contributed by atoms with Crippen molar-refractivity contribution >= 4 is 17.8 Å². The van der Waals surface area contributed by atoms with Gasteiger partial charge in [0, 0.05) is 19.0 Å². The Balaban J connectivity index is 1.85. The number of rotatable bonds is 5. The number of ether oxygens (including phenoxy) is 1. The Morgan fingerprint density at radius 1 is 1.21 bits per heavy atom. The lowest BCUT2D eigenvalue weighted by atomic mass is 9.96. The maximum Gasteiger partial charge on any atom is 0.338 e. The van der Waals surface area contributed by atoms with Crippen LogP contribution in [0.3, 0.4) is 0 Å². The van der Waals surface area contributed by atoms with Gasteiger partial charge in [-0.2, -0.15) is 0 Å². The van der Waals surface area contributed by atoms with E-state index in [0.29, 0.717) is 24.9 Å². The highest BCUT2D eigenvalue weighted by molar-refractivity contribution is 5.93. The number of hydrogen-bond donors (Lipinski definition) is 2. The Bertz CT molecular complexity index is 596. The van der Waals surface area contributed by atoms with Crippen LogP contribution in [0, 0.1) is 0 Å². The van der Waals surface area contributed by atoms with Gasteiger partial charge >= 0.3 is 12.0 Å². The Labute approximate surface area is 142 Å². The molecule has 0 unspecified atom stereocenters. The van der Waals surface area contributed by atoms with Gasteiger partial charge in [0.15, 0.2) is 11.9 Å². The summed E-state index contributed by atoms with van der Waals surface area (Å²) in [6, 6.07) is 6.65. The molecule has 0 aromatic heterocycles. The predicted molar refractivity (Wildman–Crippen MR) is 89.6 cm³/mol. The summed E-state index contributed by atoms with van der Waals surface area (Å²) in [5.41, 5.74) is 1.28. The van der Waals surface area contributed by atoms with E-state index in [-0.39, 0.29) is 17.9 Å². The Morgan fingerprint density at radius 3 is 2.54 bits per heavy atom. The van der Waals surface area contributed by atoms with Gasteiger partial charge in [0.2, 0.25) is 0 Å². The number of amides is 2. The molecule has 6 heteroatoms. The second-order valence-corrected chi connectivity index (χ2v) is 6.28. The van der Waals surface area contributed by atoms with Gasteiger partial charge in [-0.15, -0.1) is 0 Å². The van der Waals surface area contributed by atoms with Crippen molar-refractivity contribution in [1.29, 1.82) is 0 Å². The third-order valence-corrected chi connectivity index (χ3v) is 3.81. The predicted octanol–water partition coefficient (Wildman–Crippen LogP) is 2.56. The standard InChI is InChI=1S/C18H24N2O4/c1-12(2)20-18(23)19-11-13-7-9-14(10-8-13)17(22)24-16-6-4-3-5-15(16)21/h7-10,12,16H,3-6,11H2,1-2H3,(H2,19,20,23)/t16-/m1/s1. The highest BCUT2D eigenvalue weighted by Crippen LogP contribution is 2.19. The van der Waals surface area contributed by atoms with Crippen LogP contribution in [0.1, 0.15) is 55.5 Å². The molecule has 1 saturated carbocycles. The largest absolute Gasteiger partial charge is 0.451 e. The number of urea groups is 1. The first-order valence-corrected chi connectivity index (χ1v) is 8.32. The lowest BCUT2D eigenvalue weighted by molar-refractivity contribution is -0.129. The van der Waals surface area contributed by atoms with Gasteiger partial charge in [-0.25, -0.2) is 9.59 Å². The van der Waals surface area contributed by atoms with Gasteiger partial charge in [-0.3, -0.25) is 4.79 Å². The van der Waals surface area contributed by atoms with Crippen LogP contribution in [-0.4, -0.2) is 29.9 Å². The summed E-state index contributed by atoms with van der Waals surface area (Å²) in [7, 11) is 0. The Morgan fingerprint density at radius 2 is 1.92 bits per heavy atom. The Hall–Kier alpha value is -2.37. The molecule has 6 nitrogen and oxygen atoms in total. The lowest BCUT2D eigenvalue weighted by Gasteiger charge is -2.20. The topological polar surface area (TPSA) is 84.5 Å². The van der Waals surface area contributed by atoms with E-state index in [4.69, 9.17) is 4.74 Å². The van der Waals surface area contributed by atoms with E-state index < -0.39 is 12.1 Å². The molecule has 0 bridgehead atoms. The highest BCUT2D eigenvalue weighted by Gasteiger charge is 2.26. The summed E-state index contributed by atoms with van der Waals surface area (Å²) in [4.78, 5) is 35.3. The fourth-order valence-electron chi connectivity index (χ4n) is 2.53. The number of carbonyl (C=O) groups excluding carboxylic acids is 3. The zero-order valence-electron chi connectivity index (χ0n) is 14.1. The molecule has 0 aliphatic heterocycles. The first-order valence-electron chi connectivity index (χ1n) is 8.32. The van der Waals surface area contributed by atoms with Crippen LogP contribution in [-0.2, 0) is 16.1 Å². The minimum absolute atomic E-state index is 0.00610. The van der Waals surface area contributed by atoms with E-state index >= 15 is 0 Å². The van der Waals surface area contributed by atoms with Crippen LogP contribution in [0.4, 0.5) is 4.79 Å². The number of ketones is 1. The van der Waals surface area contributed by atoms with Gasteiger partial charge in [0.1, 0.15) is 0 Å². The summed E-state index contributed by atoms with van der Waals surface area (Å²) in [6.45, 7) is 4.14. The SMILES string of the molecule is CC(C)NC(=O)NCc1ccc(C(=O)O[C@@H]2CCCCC2=O)cc1. The van der Waals surface area contributed by atoms with E-state index in [9.17, 15) is 14.4 Å². The van der Waals surface area contributed by atoms with Crippen molar-refractivity contribution in [2.45, 2.75) is 58.2 Å². The van der Waals surface area contributed by atoms with Crippen molar-refractivity contribution in [3.05, 3.63) is 35.4 Å². The smallest absolute Gasteiger partial charge is 0.338 e. The molecule has 0 spiro atoms. The Kier molecular flexibility index (Phi) is 6.35. The van der Waals surface area contributed by atoms with Crippen molar-refractivity contribution in [3.63, 3.8) is 0 Å². The normalized spacial score (nSPS) is 17.5. The van der Waals surface area contributed by atoms with E-state index in [1.165, 1.54) is 0 Å². The molecule has 1 aromatic carbocycles. The van der Waals surface area contributed by atoms with Gasteiger partial charge in [0.25, 0.3) is 0 Å². The zero-order valence-corrected chi connectivity index (χ0v) is 14.1. The second-order valence-electron chi connectivity index (χ2n) is 6.28. The fourth-order valence-corrected chi connectivity index (χ4v) is 2.53. The number of benzene rings is 1. The minimum Gasteiger partial charge on any atom is -0.451 e. The number of hydrogen-bond acceptors (Lipinski definition) is 4. The number of esters is 1. The van der Waals surface area contributed by atoms with Gasteiger partial charge in [-0.1, -0.05) is 12.1 Å². The van der Waals surface area contributed by atoms with Crippen molar-refractivity contribution in [2.24, 2.45) is 0 Å². The molecule has 1 aliphatic rings. The van der Waals surface area contributed by atoms with Crippen LogP contribution in [0.25, 0.3) is 0 Å². The summed E-state index contributed by atoms with van der Waals surface area (Å²) in [5.74, 6) is -0.473. The third kappa shape index (κ3) is 5.37. The lowest BCUT2D eigenvalue weighted by Crippen LogP contribution is -2.39. The molecule has 0 saturated heterocycles. The minimum atomic E-state index is -0.604. The zero-order chi connectivity index (χ0) is 17.5. The summed E-state index contributed by atoms with van der Waals surface area (Å²) in [5, 5.41) is 5.48. The molecule has 1 aliphatic carbocycles. The van der Waals surface area contributed by atoms with Crippen LogP contribution in [0.15, 0.2) is 24.3 Å².